The van der Waals surface area contributed by atoms with Gasteiger partial charge in [0.05, 0.1) is 13.1 Å². The fourth-order valence-corrected chi connectivity index (χ4v) is 2.15. The van der Waals surface area contributed by atoms with Crippen LogP contribution in [0.5, 0.6) is 0 Å². The van der Waals surface area contributed by atoms with Gasteiger partial charge in [0.2, 0.25) is 5.91 Å². The summed E-state index contributed by atoms with van der Waals surface area (Å²) >= 11 is 0. The number of nitrogens with one attached hydrogen (secondary N) is 3. The summed E-state index contributed by atoms with van der Waals surface area (Å²) < 4.78 is 0. The number of anilines is 1. The van der Waals surface area contributed by atoms with Gasteiger partial charge in [-0.3, -0.25) is 4.79 Å². The van der Waals surface area contributed by atoms with Gasteiger partial charge < -0.3 is 16.0 Å². The smallest absolute Gasteiger partial charge is 0.239 e. The highest BCUT2D eigenvalue weighted by Crippen LogP contribution is 2.07. The Morgan fingerprint density at radius 1 is 1.00 bits per heavy atom. The topological polar surface area (TPSA) is 65.5 Å². The van der Waals surface area contributed by atoms with Crippen LogP contribution in [0.1, 0.15) is 24.5 Å². The Balaban J connectivity index is 0.00000338. The number of aryl methyl sites for hydroxylation is 1. The van der Waals surface area contributed by atoms with Crippen LogP contribution in [0.15, 0.2) is 59.6 Å². The van der Waals surface area contributed by atoms with Crippen molar-refractivity contribution in [2.75, 3.05) is 18.4 Å². The molecule has 0 aliphatic heterocycles. The lowest BCUT2D eigenvalue weighted by Gasteiger charge is -2.13. The molecule has 0 unspecified atom stereocenters. The number of para-hydroxylation sites is 1. The Hall–Kier alpha value is -2.09. The van der Waals surface area contributed by atoms with Gasteiger partial charge in [-0.05, 0) is 31.0 Å². The number of carbonyl (C=O) groups is 1. The van der Waals surface area contributed by atoms with E-state index in [1.807, 2.05) is 37.3 Å². The number of benzene rings is 2. The molecule has 0 atom stereocenters. The molecule has 0 spiro atoms. The maximum Gasteiger partial charge on any atom is 0.239 e. The molecule has 0 aliphatic rings. The summed E-state index contributed by atoms with van der Waals surface area (Å²) in [5.74, 6) is 0.540. The summed E-state index contributed by atoms with van der Waals surface area (Å²) in [6.07, 6.45) is 0.919. The molecule has 0 saturated carbocycles. The highest BCUT2D eigenvalue weighted by atomic mass is 127. The third kappa shape index (κ3) is 8.33. The molecule has 0 fully saturated rings. The first-order chi connectivity index (χ1) is 12.2. The molecule has 2 aromatic carbocycles. The van der Waals surface area contributed by atoms with Crippen molar-refractivity contribution in [2.45, 2.75) is 26.8 Å². The highest BCUT2D eigenvalue weighted by Gasteiger charge is 2.04. The quantitative estimate of drug-likeness (QED) is 0.331. The van der Waals surface area contributed by atoms with Gasteiger partial charge in [-0.1, -0.05) is 55.0 Å². The molecule has 5 nitrogen and oxygen atoms in total. The SMILES string of the molecule is CCCNC(=O)CNC(=NCc1ccc(C)cc1)Nc1ccccc1.I. The van der Waals surface area contributed by atoms with E-state index in [1.165, 1.54) is 5.56 Å². The van der Waals surface area contributed by atoms with Crippen LogP contribution in [0.4, 0.5) is 5.69 Å². The summed E-state index contributed by atoms with van der Waals surface area (Å²) in [5, 5.41) is 9.16. The molecule has 1 amide bonds. The van der Waals surface area contributed by atoms with Gasteiger partial charge in [0, 0.05) is 12.2 Å². The van der Waals surface area contributed by atoms with E-state index in [2.05, 4.69) is 52.1 Å². The molecule has 2 rings (SSSR count). The van der Waals surface area contributed by atoms with Gasteiger partial charge in [0.25, 0.3) is 0 Å². The second-order valence-electron chi connectivity index (χ2n) is 5.84. The molecule has 0 radical (unpaired) electrons. The zero-order valence-electron chi connectivity index (χ0n) is 15.3. The van der Waals surface area contributed by atoms with Crippen molar-refractivity contribution in [1.82, 2.24) is 10.6 Å². The van der Waals surface area contributed by atoms with Crippen LogP contribution in [0.3, 0.4) is 0 Å². The van der Waals surface area contributed by atoms with Gasteiger partial charge in [-0.25, -0.2) is 4.99 Å². The zero-order valence-corrected chi connectivity index (χ0v) is 17.6. The maximum atomic E-state index is 11.8. The van der Waals surface area contributed by atoms with Crippen LogP contribution >= 0.6 is 24.0 Å². The second-order valence-corrected chi connectivity index (χ2v) is 5.84. The molecule has 3 N–H and O–H groups in total. The van der Waals surface area contributed by atoms with Gasteiger partial charge in [-0.2, -0.15) is 0 Å². The molecule has 0 heterocycles. The number of hydrogen-bond donors (Lipinski definition) is 3. The summed E-state index contributed by atoms with van der Waals surface area (Å²) in [4.78, 5) is 16.4. The van der Waals surface area contributed by atoms with Crippen molar-refractivity contribution >= 4 is 41.5 Å². The van der Waals surface area contributed by atoms with Crippen molar-refractivity contribution in [1.29, 1.82) is 0 Å². The van der Waals surface area contributed by atoms with Crippen LogP contribution in [-0.2, 0) is 11.3 Å². The minimum atomic E-state index is -0.0419. The Labute approximate surface area is 172 Å². The number of guanidine groups is 1. The fraction of sp³-hybridized carbons (Fsp3) is 0.300. The van der Waals surface area contributed by atoms with Crippen LogP contribution < -0.4 is 16.0 Å². The molecule has 26 heavy (non-hydrogen) atoms. The summed E-state index contributed by atoms with van der Waals surface area (Å²) in [6.45, 7) is 5.50. The third-order valence-electron chi connectivity index (χ3n) is 3.57. The van der Waals surface area contributed by atoms with Crippen LogP contribution in [0, 0.1) is 6.92 Å². The normalized spacial score (nSPS) is 10.6. The lowest BCUT2D eigenvalue weighted by molar-refractivity contribution is -0.119. The van der Waals surface area contributed by atoms with E-state index in [0.29, 0.717) is 19.0 Å². The largest absolute Gasteiger partial charge is 0.355 e. The van der Waals surface area contributed by atoms with Gasteiger partial charge in [0.15, 0.2) is 5.96 Å². The van der Waals surface area contributed by atoms with E-state index in [4.69, 9.17) is 0 Å². The number of amides is 1. The predicted molar refractivity (Wildman–Crippen MR) is 119 cm³/mol. The average Bonchev–Trinajstić information content (AvgIpc) is 2.64. The van der Waals surface area contributed by atoms with Gasteiger partial charge in [0.1, 0.15) is 0 Å². The van der Waals surface area contributed by atoms with Crippen molar-refractivity contribution in [3.63, 3.8) is 0 Å². The number of rotatable bonds is 7. The number of aliphatic imine (C=N–C) groups is 1. The third-order valence-corrected chi connectivity index (χ3v) is 3.57. The monoisotopic (exact) mass is 466 g/mol. The first-order valence-corrected chi connectivity index (χ1v) is 8.60. The van der Waals surface area contributed by atoms with Crippen LogP contribution in [0.2, 0.25) is 0 Å². The fourth-order valence-electron chi connectivity index (χ4n) is 2.15. The summed E-state index contributed by atoms with van der Waals surface area (Å²) in [6, 6.07) is 18.0. The van der Waals surface area contributed by atoms with E-state index >= 15 is 0 Å². The highest BCUT2D eigenvalue weighted by molar-refractivity contribution is 14.0. The first-order valence-electron chi connectivity index (χ1n) is 8.60. The maximum absolute atomic E-state index is 11.8. The molecule has 6 heteroatoms. The van der Waals surface area contributed by atoms with Crippen LogP contribution in [0.25, 0.3) is 0 Å². The van der Waals surface area contributed by atoms with Crippen LogP contribution in [-0.4, -0.2) is 25.0 Å². The van der Waals surface area contributed by atoms with Crippen molar-refractivity contribution < 1.29 is 4.79 Å². The Morgan fingerprint density at radius 3 is 2.35 bits per heavy atom. The number of halogens is 1. The second kappa shape index (κ2) is 12.3. The number of nitrogens with zero attached hydrogens (tertiary/aromatic N) is 1. The van der Waals surface area contributed by atoms with E-state index in [1.54, 1.807) is 0 Å². The van der Waals surface area contributed by atoms with Gasteiger partial charge >= 0.3 is 0 Å². The molecule has 2 aromatic rings. The molecule has 0 saturated heterocycles. The average molecular weight is 466 g/mol. The zero-order chi connectivity index (χ0) is 17.9. The lowest BCUT2D eigenvalue weighted by Crippen LogP contribution is -2.40. The van der Waals surface area contributed by atoms with Gasteiger partial charge in [-0.15, -0.1) is 24.0 Å². The standard InChI is InChI=1S/C20H26N4O.HI/c1-3-13-21-19(25)15-23-20(24-18-7-5-4-6-8-18)22-14-17-11-9-16(2)10-12-17;/h4-12H,3,13-15H2,1-2H3,(H,21,25)(H2,22,23,24);1H. The first kappa shape index (κ1) is 22.0. The molecule has 0 aromatic heterocycles. The molecular weight excluding hydrogens is 439 g/mol. The lowest BCUT2D eigenvalue weighted by atomic mass is 10.1. The summed E-state index contributed by atoms with van der Waals surface area (Å²) in [5.41, 5.74) is 3.27. The van der Waals surface area contributed by atoms with Crippen molar-refractivity contribution in [2.24, 2.45) is 4.99 Å². The van der Waals surface area contributed by atoms with Crippen molar-refractivity contribution in [3.05, 3.63) is 65.7 Å². The minimum absolute atomic E-state index is 0. The Morgan fingerprint density at radius 2 is 1.69 bits per heavy atom. The molecule has 140 valence electrons. The Bertz CT molecular complexity index is 687. The van der Waals surface area contributed by atoms with E-state index in [-0.39, 0.29) is 36.4 Å². The minimum Gasteiger partial charge on any atom is -0.355 e. The number of hydrogen-bond acceptors (Lipinski definition) is 2. The van der Waals surface area contributed by atoms with E-state index < -0.39 is 0 Å². The molecular formula is C20H27IN4O. The molecule has 0 bridgehead atoms. The summed E-state index contributed by atoms with van der Waals surface area (Å²) in [7, 11) is 0. The van der Waals surface area contributed by atoms with E-state index in [9.17, 15) is 4.79 Å². The van der Waals surface area contributed by atoms with E-state index in [0.717, 1.165) is 17.7 Å². The number of carbonyl (C=O) groups excluding carboxylic acids is 1. The Kier molecular flexibility index (Phi) is 10.4. The predicted octanol–water partition coefficient (Wildman–Crippen LogP) is 3.70. The van der Waals surface area contributed by atoms with Crippen molar-refractivity contribution in [3.8, 4) is 0 Å². The molecule has 0 aliphatic carbocycles.